The van der Waals surface area contributed by atoms with Crippen molar-refractivity contribution < 1.29 is 14.3 Å². The van der Waals surface area contributed by atoms with E-state index < -0.39 is 5.91 Å². The van der Waals surface area contributed by atoms with Gasteiger partial charge in [-0.05, 0) is 30.7 Å². The summed E-state index contributed by atoms with van der Waals surface area (Å²) in [6, 6.07) is 9.03. The van der Waals surface area contributed by atoms with Crippen LogP contribution in [0.1, 0.15) is 23.1 Å². The molecule has 0 saturated heterocycles. The number of primary amides is 1. The number of pyridine rings is 1. The van der Waals surface area contributed by atoms with Crippen molar-refractivity contribution >= 4 is 16.8 Å². The first kappa shape index (κ1) is 14.9. The molecular weight excluding hydrogens is 294 g/mol. The van der Waals surface area contributed by atoms with E-state index in [2.05, 4.69) is 9.97 Å². The molecule has 0 atom stereocenters. The highest BCUT2D eigenvalue weighted by molar-refractivity contribution is 5.99. The zero-order valence-corrected chi connectivity index (χ0v) is 12.9. The summed E-state index contributed by atoms with van der Waals surface area (Å²) in [5.74, 6) is 1.28. The van der Waals surface area contributed by atoms with E-state index in [1.54, 1.807) is 25.4 Å². The van der Waals surface area contributed by atoms with Gasteiger partial charge in [-0.15, -0.1) is 0 Å². The van der Waals surface area contributed by atoms with Gasteiger partial charge in [0, 0.05) is 17.1 Å². The fraction of sp³-hybridized carbons (Fsp3) is 0.176. The number of aryl methyl sites for hydroxylation is 1. The molecule has 1 amide bonds. The van der Waals surface area contributed by atoms with E-state index in [4.69, 9.17) is 15.2 Å². The number of carbonyl (C=O) groups excluding carboxylic acids is 1. The topological polar surface area (TPSA) is 90.2 Å². The van der Waals surface area contributed by atoms with Crippen molar-refractivity contribution in [2.24, 2.45) is 5.73 Å². The van der Waals surface area contributed by atoms with Crippen LogP contribution in [-0.2, 0) is 6.42 Å². The van der Waals surface area contributed by atoms with Gasteiger partial charge in [-0.1, -0.05) is 6.92 Å². The third-order valence-corrected chi connectivity index (χ3v) is 3.55. The standard InChI is InChI=1S/C17H17N3O3/c1-3-11-4-5-12(9-19-11)23-13-6-10-7-14(17(18)21)20-16(10)15(8-13)22-2/h4-9,20H,3H2,1-2H3,(H2,18,21). The number of ether oxygens (including phenoxy) is 2. The molecule has 3 aromatic rings. The lowest BCUT2D eigenvalue weighted by Gasteiger charge is -2.09. The molecular formula is C17H17N3O3. The van der Waals surface area contributed by atoms with Crippen LogP contribution in [0.2, 0.25) is 0 Å². The van der Waals surface area contributed by atoms with Gasteiger partial charge in [-0.25, -0.2) is 0 Å². The molecule has 1 aromatic carbocycles. The number of aromatic nitrogens is 2. The molecule has 0 unspecified atom stereocenters. The summed E-state index contributed by atoms with van der Waals surface area (Å²) < 4.78 is 11.2. The van der Waals surface area contributed by atoms with Gasteiger partial charge < -0.3 is 20.2 Å². The van der Waals surface area contributed by atoms with E-state index in [0.29, 0.717) is 28.5 Å². The van der Waals surface area contributed by atoms with Gasteiger partial charge >= 0.3 is 0 Å². The molecule has 6 heteroatoms. The van der Waals surface area contributed by atoms with E-state index in [9.17, 15) is 4.79 Å². The molecule has 3 rings (SSSR count). The fourth-order valence-corrected chi connectivity index (χ4v) is 2.35. The fourth-order valence-electron chi connectivity index (χ4n) is 2.35. The summed E-state index contributed by atoms with van der Waals surface area (Å²) in [6.07, 6.45) is 2.56. The van der Waals surface area contributed by atoms with Crippen molar-refractivity contribution in [1.29, 1.82) is 0 Å². The Labute approximate surface area is 133 Å². The second-order valence-corrected chi connectivity index (χ2v) is 5.08. The lowest BCUT2D eigenvalue weighted by Crippen LogP contribution is -2.10. The quantitative estimate of drug-likeness (QED) is 0.758. The Balaban J connectivity index is 1.98. The first-order chi connectivity index (χ1) is 11.1. The van der Waals surface area contributed by atoms with Crippen molar-refractivity contribution in [2.45, 2.75) is 13.3 Å². The molecule has 0 aliphatic heterocycles. The Morgan fingerprint density at radius 3 is 2.70 bits per heavy atom. The maximum absolute atomic E-state index is 11.3. The van der Waals surface area contributed by atoms with Gasteiger partial charge in [0.25, 0.3) is 5.91 Å². The summed E-state index contributed by atoms with van der Waals surface area (Å²) in [7, 11) is 1.56. The molecule has 0 aliphatic carbocycles. The minimum absolute atomic E-state index is 0.324. The van der Waals surface area contributed by atoms with Crippen LogP contribution in [0.15, 0.2) is 36.5 Å². The highest BCUT2D eigenvalue weighted by Gasteiger charge is 2.12. The molecule has 3 N–H and O–H groups in total. The number of nitrogens with zero attached hydrogens (tertiary/aromatic N) is 1. The van der Waals surface area contributed by atoms with Crippen LogP contribution in [0, 0.1) is 0 Å². The number of hydrogen-bond acceptors (Lipinski definition) is 4. The Morgan fingerprint density at radius 1 is 1.26 bits per heavy atom. The number of rotatable bonds is 5. The first-order valence-electron chi connectivity index (χ1n) is 7.24. The highest BCUT2D eigenvalue weighted by atomic mass is 16.5. The minimum atomic E-state index is -0.523. The second kappa shape index (κ2) is 6.00. The number of nitrogens with one attached hydrogen (secondary N) is 1. The monoisotopic (exact) mass is 311 g/mol. The molecule has 0 fully saturated rings. The van der Waals surface area contributed by atoms with Crippen molar-refractivity contribution in [3.63, 3.8) is 0 Å². The van der Waals surface area contributed by atoms with Crippen LogP contribution in [0.3, 0.4) is 0 Å². The maximum Gasteiger partial charge on any atom is 0.265 e. The van der Waals surface area contributed by atoms with Gasteiger partial charge in [0.15, 0.2) is 0 Å². The number of fused-ring (bicyclic) bond motifs is 1. The van der Waals surface area contributed by atoms with E-state index in [1.165, 1.54) is 0 Å². The molecule has 23 heavy (non-hydrogen) atoms. The summed E-state index contributed by atoms with van der Waals surface area (Å²) >= 11 is 0. The second-order valence-electron chi connectivity index (χ2n) is 5.08. The van der Waals surface area contributed by atoms with Crippen LogP contribution >= 0.6 is 0 Å². The summed E-state index contributed by atoms with van der Waals surface area (Å²) in [5, 5.41) is 0.784. The van der Waals surface area contributed by atoms with Gasteiger partial charge in [0.1, 0.15) is 22.9 Å². The molecule has 0 saturated carbocycles. The predicted molar refractivity (Wildman–Crippen MR) is 87.1 cm³/mol. The minimum Gasteiger partial charge on any atom is -0.494 e. The number of hydrogen-bond donors (Lipinski definition) is 2. The number of amides is 1. The van der Waals surface area contributed by atoms with Crippen LogP contribution in [0.25, 0.3) is 10.9 Å². The largest absolute Gasteiger partial charge is 0.494 e. The Kier molecular flexibility index (Phi) is 3.89. The predicted octanol–water partition coefficient (Wildman–Crippen LogP) is 3.03. The number of aromatic amines is 1. The lowest BCUT2D eigenvalue weighted by atomic mass is 10.2. The van der Waals surface area contributed by atoms with Gasteiger partial charge in [0.2, 0.25) is 0 Å². The van der Waals surface area contributed by atoms with E-state index in [0.717, 1.165) is 17.5 Å². The van der Waals surface area contributed by atoms with Crippen LogP contribution in [0.5, 0.6) is 17.2 Å². The Bertz CT molecular complexity index is 853. The van der Waals surface area contributed by atoms with E-state index >= 15 is 0 Å². The summed E-state index contributed by atoms with van der Waals surface area (Å²) in [4.78, 5) is 18.6. The number of benzene rings is 1. The molecule has 118 valence electrons. The molecule has 0 spiro atoms. The zero-order valence-electron chi connectivity index (χ0n) is 12.9. The van der Waals surface area contributed by atoms with Crippen molar-refractivity contribution in [3.8, 4) is 17.2 Å². The molecule has 0 aliphatic rings. The maximum atomic E-state index is 11.3. The summed E-state index contributed by atoms with van der Waals surface area (Å²) in [5.41, 5.74) is 7.33. The van der Waals surface area contributed by atoms with Gasteiger partial charge in [0.05, 0.1) is 18.8 Å². The molecule has 2 heterocycles. The highest BCUT2D eigenvalue weighted by Crippen LogP contribution is 2.33. The third kappa shape index (κ3) is 2.96. The number of H-pyrrole nitrogens is 1. The van der Waals surface area contributed by atoms with Crippen LogP contribution < -0.4 is 15.2 Å². The van der Waals surface area contributed by atoms with E-state index in [1.807, 2.05) is 25.1 Å². The summed E-state index contributed by atoms with van der Waals surface area (Å²) in [6.45, 7) is 2.05. The normalized spacial score (nSPS) is 10.7. The lowest BCUT2D eigenvalue weighted by molar-refractivity contribution is 0.0996. The Morgan fingerprint density at radius 2 is 2.09 bits per heavy atom. The number of methoxy groups -OCH3 is 1. The SMILES string of the molecule is CCc1ccc(Oc2cc(OC)c3[nH]c(C(N)=O)cc3c2)cn1. The Hall–Kier alpha value is -3.02. The smallest absolute Gasteiger partial charge is 0.265 e. The third-order valence-electron chi connectivity index (χ3n) is 3.55. The number of nitrogens with two attached hydrogens (primary N) is 1. The molecule has 2 aromatic heterocycles. The first-order valence-corrected chi connectivity index (χ1v) is 7.24. The van der Waals surface area contributed by atoms with Crippen LogP contribution in [-0.4, -0.2) is 23.0 Å². The van der Waals surface area contributed by atoms with E-state index in [-0.39, 0.29) is 0 Å². The van der Waals surface area contributed by atoms with Crippen molar-refractivity contribution in [3.05, 3.63) is 47.9 Å². The molecule has 6 nitrogen and oxygen atoms in total. The zero-order chi connectivity index (χ0) is 16.4. The molecule has 0 radical (unpaired) electrons. The van der Waals surface area contributed by atoms with Gasteiger partial charge in [-0.2, -0.15) is 0 Å². The van der Waals surface area contributed by atoms with Crippen molar-refractivity contribution in [2.75, 3.05) is 7.11 Å². The van der Waals surface area contributed by atoms with Crippen molar-refractivity contribution in [1.82, 2.24) is 9.97 Å². The van der Waals surface area contributed by atoms with Crippen LogP contribution in [0.4, 0.5) is 0 Å². The number of carbonyl (C=O) groups is 1. The average Bonchev–Trinajstić information content (AvgIpc) is 2.99. The van der Waals surface area contributed by atoms with Gasteiger partial charge in [-0.3, -0.25) is 9.78 Å². The average molecular weight is 311 g/mol. The molecule has 0 bridgehead atoms.